The van der Waals surface area contributed by atoms with Crippen LogP contribution in [0.1, 0.15) is 24.0 Å². The largest absolute Gasteiger partial charge is 1.00 e. The van der Waals surface area contributed by atoms with Crippen molar-refractivity contribution >= 4 is 34.7 Å². The summed E-state index contributed by atoms with van der Waals surface area (Å²) in [7, 11) is 0. The van der Waals surface area contributed by atoms with Gasteiger partial charge in [0.2, 0.25) is 5.60 Å². The highest BCUT2D eigenvalue weighted by Crippen LogP contribution is 2.47. The van der Waals surface area contributed by atoms with Crippen LogP contribution in [0.4, 0.5) is 5.82 Å². The standard InChI is InChI=1S/C26H25N5O5.2BrH/c32-23(29-22-15-27-11-12-28-22)16-31-13-9-17(10-14-31)24(30-31)36-25(33)26(34)18-5-1-3-7-20(18)35-21-8-4-2-6-19(21)26;;/h1-8,11-12,15,17,24,30,34H,9-10,13-14,16H2;2*1H/t17?,24-,31?;;/m1../s1. The molecule has 4 aliphatic heterocycles. The number of ether oxygens (including phenoxy) is 2. The second kappa shape index (κ2) is 11.1. The van der Waals surface area contributed by atoms with Gasteiger partial charge < -0.3 is 36.9 Å². The topological polar surface area (TPSA) is 123 Å². The summed E-state index contributed by atoms with van der Waals surface area (Å²) in [6, 6.07) is 13.8. The fraction of sp³-hybridized carbons (Fsp3) is 0.308. The van der Waals surface area contributed by atoms with Crippen molar-refractivity contribution in [1.82, 2.24) is 15.4 Å². The van der Waals surface area contributed by atoms with E-state index in [0.29, 0.717) is 28.4 Å². The van der Waals surface area contributed by atoms with Gasteiger partial charge in [-0.25, -0.2) is 14.4 Å². The van der Waals surface area contributed by atoms with Crippen molar-refractivity contribution in [2.45, 2.75) is 24.7 Å². The van der Waals surface area contributed by atoms with Gasteiger partial charge in [0.25, 0.3) is 5.91 Å². The Balaban J connectivity index is 0.00000168. The number of fused-ring (bicyclic) bond motifs is 5. The Morgan fingerprint density at radius 3 is 2.32 bits per heavy atom. The maximum absolute atomic E-state index is 13.7. The van der Waals surface area contributed by atoms with Gasteiger partial charge in [-0.3, -0.25) is 9.78 Å². The quantitative estimate of drug-likeness (QED) is 0.254. The van der Waals surface area contributed by atoms with Crippen molar-refractivity contribution in [3.63, 3.8) is 0 Å². The van der Waals surface area contributed by atoms with Crippen LogP contribution in [0, 0.1) is 5.92 Å². The molecule has 3 fully saturated rings. The minimum Gasteiger partial charge on any atom is -1.00 e. The fourth-order valence-corrected chi connectivity index (χ4v) is 5.43. The molecule has 7 rings (SSSR count). The van der Waals surface area contributed by atoms with E-state index in [9.17, 15) is 14.7 Å². The number of anilines is 1. The fourth-order valence-electron chi connectivity index (χ4n) is 5.43. The number of aromatic nitrogens is 2. The number of rotatable bonds is 5. The van der Waals surface area contributed by atoms with Crippen molar-refractivity contribution in [3.05, 3.63) is 78.2 Å². The Kier molecular flexibility index (Phi) is 8.19. The number of esters is 1. The first-order chi connectivity index (χ1) is 17.5. The minimum absolute atomic E-state index is 0. The molecule has 4 aliphatic rings. The van der Waals surface area contributed by atoms with Crippen molar-refractivity contribution in [2.75, 3.05) is 25.0 Å². The zero-order valence-electron chi connectivity index (χ0n) is 20.2. The van der Waals surface area contributed by atoms with Gasteiger partial charge in [-0.1, -0.05) is 36.4 Å². The SMILES string of the molecule is Br.O=C(C[N+]12CCC(CC1)[C@@H](OC(=O)C1(O)c3ccccc3Oc3ccccc31)N2)Nc1cnccn1.[Br-]. The molecular formula is C26H27Br2N5O5. The van der Waals surface area contributed by atoms with E-state index in [0.717, 1.165) is 25.9 Å². The summed E-state index contributed by atoms with van der Waals surface area (Å²) in [5.41, 5.74) is 2.02. The van der Waals surface area contributed by atoms with Gasteiger partial charge in [-0.2, -0.15) is 0 Å². The maximum atomic E-state index is 13.7. The highest BCUT2D eigenvalue weighted by atomic mass is 79.9. The molecule has 3 saturated heterocycles. The molecule has 10 nitrogen and oxygen atoms in total. The first-order valence-electron chi connectivity index (χ1n) is 12.0. The number of halogens is 2. The Labute approximate surface area is 240 Å². The van der Waals surface area contributed by atoms with Crippen molar-refractivity contribution < 1.29 is 45.7 Å². The van der Waals surface area contributed by atoms with Gasteiger partial charge in [0.05, 0.1) is 19.3 Å². The molecule has 200 valence electrons. The molecule has 3 N–H and O–H groups in total. The average molecular weight is 649 g/mol. The smallest absolute Gasteiger partial charge is 0.349 e. The zero-order valence-corrected chi connectivity index (χ0v) is 23.5. The summed E-state index contributed by atoms with van der Waals surface area (Å²) in [5, 5.41) is 14.6. The average Bonchev–Trinajstić information content (AvgIpc) is 2.90. The number of benzene rings is 2. The molecule has 12 heteroatoms. The molecular weight excluding hydrogens is 622 g/mol. The van der Waals surface area contributed by atoms with Crippen LogP contribution in [0.2, 0.25) is 0 Å². The normalized spacial score (nSPS) is 23.8. The molecule has 0 aliphatic carbocycles. The van der Waals surface area contributed by atoms with E-state index in [1.165, 1.54) is 18.6 Å². The van der Waals surface area contributed by atoms with Crippen molar-refractivity contribution in [2.24, 2.45) is 5.92 Å². The number of hydrogen-bond donors (Lipinski definition) is 3. The number of carbonyl (C=O) groups excluding carboxylic acids is 2. The van der Waals surface area contributed by atoms with Crippen LogP contribution < -0.4 is 32.5 Å². The predicted molar refractivity (Wildman–Crippen MR) is 138 cm³/mol. The number of amides is 1. The lowest BCUT2D eigenvalue weighted by molar-refractivity contribution is -0.983. The lowest BCUT2D eigenvalue weighted by Crippen LogP contribution is -3.00. The number of para-hydroxylation sites is 2. The van der Waals surface area contributed by atoms with Crippen LogP contribution in [-0.2, 0) is 19.9 Å². The summed E-state index contributed by atoms with van der Waals surface area (Å²) in [6.45, 7) is 1.62. The molecule has 2 bridgehead atoms. The van der Waals surface area contributed by atoms with Crippen molar-refractivity contribution in [1.29, 1.82) is 0 Å². The van der Waals surface area contributed by atoms with E-state index in [-0.39, 0.29) is 56.9 Å². The number of piperidine rings is 1. The minimum atomic E-state index is -2.02. The van der Waals surface area contributed by atoms with Crippen LogP contribution >= 0.6 is 17.0 Å². The third kappa shape index (κ3) is 4.94. The molecule has 1 aromatic heterocycles. The molecule has 5 heterocycles. The van der Waals surface area contributed by atoms with E-state index in [2.05, 4.69) is 20.7 Å². The number of quaternary nitrogens is 1. The number of carbonyl (C=O) groups is 2. The van der Waals surface area contributed by atoms with Gasteiger partial charge >= 0.3 is 5.97 Å². The first-order valence-corrected chi connectivity index (χ1v) is 12.0. The third-order valence-corrected chi connectivity index (χ3v) is 7.27. The van der Waals surface area contributed by atoms with Gasteiger partial charge in [-0.05, 0) is 12.1 Å². The Hall–Kier alpha value is -2.90. The molecule has 0 saturated carbocycles. The predicted octanol–water partition coefficient (Wildman–Crippen LogP) is -0.347. The summed E-state index contributed by atoms with van der Waals surface area (Å²) in [5.74, 6) is 0.294. The maximum Gasteiger partial charge on any atom is 0.349 e. The summed E-state index contributed by atoms with van der Waals surface area (Å²) in [6.07, 6.45) is 5.48. The Morgan fingerprint density at radius 2 is 1.71 bits per heavy atom. The third-order valence-electron chi connectivity index (χ3n) is 7.27. The Morgan fingerprint density at radius 1 is 1.08 bits per heavy atom. The summed E-state index contributed by atoms with van der Waals surface area (Å²) >= 11 is 0. The summed E-state index contributed by atoms with van der Waals surface area (Å²) < 4.78 is 12.2. The monoisotopic (exact) mass is 647 g/mol. The molecule has 0 spiro atoms. The number of hydrogen-bond acceptors (Lipinski definition) is 8. The molecule has 38 heavy (non-hydrogen) atoms. The molecule has 0 unspecified atom stereocenters. The highest BCUT2D eigenvalue weighted by Gasteiger charge is 2.53. The van der Waals surface area contributed by atoms with E-state index in [1.54, 1.807) is 48.5 Å². The molecule has 3 aromatic rings. The summed E-state index contributed by atoms with van der Waals surface area (Å²) in [4.78, 5) is 34.5. The number of nitrogens with zero attached hydrogens (tertiary/aromatic N) is 3. The van der Waals surface area contributed by atoms with E-state index in [1.807, 2.05) is 0 Å². The van der Waals surface area contributed by atoms with Gasteiger partial charge in [0.1, 0.15) is 11.5 Å². The first kappa shape index (κ1) is 28.1. The van der Waals surface area contributed by atoms with Crippen LogP contribution in [-0.4, -0.2) is 57.4 Å². The second-order valence-electron chi connectivity index (χ2n) is 9.49. The van der Waals surface area contributed by atoms with Crippen LogP contribution in [0.3, 0.4) is 0 Å². The van der Waals surface area contributed by atoms with Gasteiger partial charge in [-0.15, -0.1) is 22.4 Å². The number of aliphatic hydroxyl groups is 1. The van der Waals surface area contributed by atoms with E-state index >= 15 is 0 Å². The van der Waals surface area contributed by atoms with E-state index in [4.69, 9.17) is 9.47 Å². The second-order valence-corrected chi connectivity index (χ2v) is 9.49. The zero-order chi connectivity index (χ0) is 24.8. The number of nitrogens with one attached hydrogen (secondary N) is 2. The van der Waals surface area contributed by atoms with Crippen molar-refractivity contribution in [3.8, 4) is 11.5 Å². The lowest BCUT2D eigenvalue weighted by atomic mass is 9.83. The van der Waals surface area contributed by atoms with Gasteiger partial charge in [0.15, 0.2) is 18.6 Å². The van der Waals surface area contributed by atoms with Gasteiger partial charge in [0, 0.05) is 42.3 Å². The molecule has 2 aromatic carbocycles. The van der Waals surface area contributed by atoms with E-state index < -0.39 is 17.8 Å². The van der Waals surface area contributed by atoms with Crippen LogP contribution in [0.5, 0.6) is 11.5 Å². The van der Waals surface area contributed by atoms with Crippen LogP contribution in [0.15, 0.2) is 67.1 Å². The molecule has 1 atom stereocenters. The van der Waals surface area contributed by atoms with Crippen LogP contribution in [0.25, 0.3) is 0 Å². The Bertz CT molecular complexity index is 1270. The molecule has 0 radical (unpaired) electrons. The lowest BCUT2D eigenvalue weighted by Gasteiger charge is -2.51. The highest BCUT2D eigenvalue weighted by molar-refractivity contribution is 8.93. The molecule has 1 amide bonds.